The molecule has 2 rings (SSSR count). The van der Waals surface area contributed by atoms with Gasteiger partial charge in [-0.3, -0.25) is 4.79 Å². The number of amides is 1. The number of anilines is 2. The molecule has 0 fully saturated rings. The van der Waals surface area contributed by atoms with Crippen molar-refractivity contribution in [2.24, 2.45) is 5.92 Å². The highest BCUT2D eigenvalue weighted by atomic mass is 16.2. The van der Waals surface area contributed by atoms with E-state index in [9.17, 15) is 4.79 Å². The lowest BCUT2D eigenvalue weighted by molar-refractivity contribution is -0.121. The third-order valence-corrected chi connectivity index (χ3v) is 2.74. The lowest BCUT2D eigenvalue weighted by Crippen LogP contribution is -2.37. The van der Waals surface area contributed by atoms with Crippen LogP contribution in [0.3, 0.4) is 0 Å². The van der Waals surface area contributed by atoms with Crippen molar-refractivity contribution in [2.45, 2.75) is 13.3 Å². The summed E-state index contributed by atoms with van der Waals surface area (Å²) < 4.78 is 0. The average Bonchev–Trinajstić information content (AvgIpc) is 2.14. The van der Waals surface area contributed by atoms with Gasteiger partial charge in [0.2, 0.25) is 5.91 Å². The van der Waals surface area contributed by atoms with E-state index in [1.807, 2.05) is 32.2 Å². The SMILES string of the molecule is C[C@H]1Cc2cc(N)ccc2N(C)C1=O. The van der Waals surface area contributed by atoms with Crippen molar-refractivity contribution in [3.63, 3.8) is 0 Å². The minimum Gasteiger partial charge on any atom is -0.399 e. The molecule has 1 aliphatic heterocycles. The fraction of sp³-hybridized carbons (Fsp3) is 0.364. The van der Waals surface area contributed by atoms with Gasteiger partial charge in [0.15, 0.2) is 0 Å². The fourth-order valence-electron chi connectivity index (χ4n) is 1.96. The maximum absolute atomic E-state index is 11.7. The minimum absolute atomic E-state index is 0.0642. The summed E-state index contributed by atoms with van der Waals surface area (Å²) in [6.45, 7) is 1.95. The smallest absolute Gasteiger partial charge is 0.229 e. The number of benzene rings is 1. The van der Waals surface area contributed by atoms with Gasteiger partial charge in [-0.05, 0) is 30.2 Å². The van der Waals surface area contributed by atoms with Gasteiger partial charge in [0.25, 0.3) is 0 Å². The van der Waals surface area contributed by atoms with Crippen LogP contribution in [0.1, 0.15) is 12.5 Å². The third-order valence-electron chi connectivity index (χ3n) is 2.74. The normalized spacial score (nSPS) is 20.9. The second-order valence-electron chi connectivity index (χ2n) is 3.89. The van der Waals surface area contributed by atoms with Crippen LogP contribution in [-0.4, -0.2) is 13.0 Å². The molecular weight excluding hydrogens is 176 g/mol. The molecule has 0 radical (unpaired) electrons. The molecule has 0 aliphatic carbocycles. The third kappa shape index (κ3) is 1.25. The molecule has 1 atom stereocenters. The van der Waals surface area contributed by atoms with E-state index in [0.717, 1.165) is 17.8 Å². The van der Waals surface area contributed by atoms with Gasteiger partial charge in [0.1, 0.15) is 0 Å². The van der Waals surface area contributed by atoms with Crippen LogP contribution in [0.4, 0.5) is 11.4 Å². The van der Waals surface area contributed by atoms with Crippen LogP contribution in [0.5, 0.6) is 0 Å². The van der Waals surface area contributed by atoms with Crippen LogP contribution >= 0.6 is 0 Å². The number of nitrogens with zero attached hydrogens (tertiary/aromatic N) is 1. The van der Waals surface area contributed by atoms with Crippen molar-refractivity contribution in [3.8, 4) is 0 Å². The standard InChI is InChI=1S/C11H14N2O/c1-7-5-8-6-9(12)3-4-10(8)13(2)11(7)14/h3-4,6-7H,5,12H2,1-2H3/t7-/m0/s1. The lowest BCUT2D eigenvalue weighted by atomic mass is 9.93. The first-order chi connectivity index (χ1) is 6.59. The Labute approximate surface area is 83.5 Å². The molecule has 74 valence electrons. The quantitative estimate of drug-likeness (QED) is 0.629. The van der Waals surface area contributed by atoms with Crippen molar-refractivity contribution in [1.82, 2.24) is 0 Å². The average molecular weight is 190 g/mol. The van der Waals surface area contributed by atoms with E-state index < -0.39 is 0 Å². The van der Waals surface area contributed by atoms with Crippen LogP contribution in [-0.2, 0) is 11.2 Å². The van der Waals surface area contributed by atoms with Crippen LogP contribution < -0.4 is 10.6 Å². The number of rotatable bonds is 0. The molecule has 0 unspecified atom stereocenters. The van der Waals surface area contributed by atoms with Gasteiger partial charge in [-0.15, -0.1) is 0 Å². The molecule has 0 saturated carbocycles. The second-order valence-corrected chi connectivity index (χ2v) is 3.89. The van der Waals surface area contributed by atoms with Gasteiger partial charge < -0.3 is 10.6 Å². The van der Waals surface area contributed by atoms with E-state index in [-0.39, 0.29) is 11.8 Å². The first-order valence-electron chi connectivity index (χ1n) is 4.75. The van der Waals surface area contributed by atoms with E-state index in [1.165, 1.54) is 5.56 Å². The zero-order valence-electron chi connectivity index (χ0n) is 8.45. The number of hydrogen-bond acceptors (Lipinski definition) is 2. The van der Waals surface area contributed by atoms with Crippen molar-refractivity contribution in [2.75, 3.05) is 17.7 Å². The van der Waals surface area contributed by atoms with Gasteiger partial charge in [-0.25, -0.2) is 0 Å². The maximum Gasteiger partial charge on any atom is 0.229 e. The van der Waals surface area contributed by atoms with E-state index >= 15 is 0 Å². The number of carbonyl (C=O) groups excluding carboxylic acids is 1. The van der Waals surface area contributed by atoms with Crippen LogP contribution in [0.15, 0.2) is 18.2 Å². The van der Waals surface area contributed by atoms with Gasteiger partial charge in [-0.2, -0.15) is 0 Å². The molecule has 0 bridgehead atoms. The summed E-state index contributed by atoms with van der Waals surface area (Å²) in [7, 11) is 1.81. The molecule has 1 aromatic rings. The van der Waals surface area contributed by atoms with Crippen molar-refractivity contribution >= 4 is 17.3 Å². The van der Waals surface area contributed by atoms with Crippen LogP contribution in [0, 0.1) is 5.92 Å². The van der Waals surface area contributed by atoms with Crippen molar-refractivity contribution < 1.29 is 4.79 Å². The minimum atomic E-state index is 0.0642. The highest BCUT2D eigenvalue weighted by molar-refractivity contribution is 5.97. The molecule has 14 heavy (non-hydrogen) atoms. The molecule has 1 heterocycles. The molecule has 1 aliphatic rings. The van der Waals surface area contributed by atoms with Crippen molar-refractivity contribution in [1.29, 1.82) is 0 Å². The molecule has 0 saturated heterocycles. The monoisotopic (exact) mass is 190 g/mol. The summed E-state index contributed by atoms with van der Waals surface area (Å²) in [5.74, 6) is 0.247. The number of nitrogen functional groups attached to an aromatic ring is 1. The Balaban J connectivity index is 2.50. The predicted octanol–water partition coefficient (Wildman–Crippen LogP) is 1.42. The van der Waals surface area contributed by atoms with E-state index in [2.05, 4.69) is 0 Å². The summed E-state index contributed by atoms with van der Waals surface area (Å²) in [5.41, 5.74) is 8.62. The highest BCUT2D eigenvalue weighted by Gasteiger charge is 2.26. The van der Waals surface area contributed by atoms with Crippen LogP contribution in [0.2, 0.25) is 0 Å². The zero-order valence-corrected chi connectivity index (χ0v) is 8.45. The molecule has 3 heteroatoms. The Kier molecular flexibility index (Phi) is 1.95. The first-order valence-corrected chi connectivity index (χ1v) is 4.75. The van der Waals surface area contributed by atoms with E-state index in [0.29, 0.717) is 0 Å². The molecule has 1 amide bonds. The predicted molar refractivity (Wildman–Crippen MR) is 57.1 cm³/mol. The Morgan fingerprint density at radius 3 is 2.93 bits per heavy atom. The summed E-state index contributed by atoms with van der Waals surface area (Å²) in [5, 5.41) is 0. The number of hydrogen-bond donors (Lipinski definition) is 1. The molecule has 0 spiro atoms. The van der Waals surface area contributed by atoms with Crippen molar-refractivity contribution in [3.05, 3.63) is 23.8 Å². The number of fused-ring (bicyclic) bond motifs is 1. The summed E-state index contributed by atoms with van der Waals surface area (Å²) in [6, 6.07) is 5.70. The molecule has 2 N–H and O–H groups in total. The Bertz CT molecular complexity index is 387. The topological polar surface area (TPSA) is 46.3 Å². The van der Waals surface area contributed by atoms with Gasteiger partial charge in [0.05, 0.1) is 0 Å². The highest BCUT2D eigenvalue weighted by Crippen LogP contribution is 2.30. The Morgan fingerprint density at radius 1 is 1.50 bits per heavy atom. The number of carbonyl (C=O) groups is 1. The fourth-order valence-corrected chi connectivity index (χ4v) is 1.96. The zero-order chi connectivity index (χ0) is 10.3. The largest absolute Gasteiger partial charge is 0.399 e. The van der Waals surface area contributed by atoms with Gasteiger partial charge in [-0.1, -0.05) is 6.92 Å². The number of nitrogens with two attached hydrogens (primary N) is 1. The first kappa shape index (κ1) is 9.06. The Morgan fingerprint density at radius 2 is 2.21 bits per heavy atom. The van der Waals surface area contributed by atoms with E-state index in [1.54, 1.807) is 4.90 Å². The molecule has 0 aromatic heterocycles. The molecule has 1 aromatic carbocycles. The lowest BCUT2D eigenvalue weighted by Gasteiger charge is -2.29. The Hall–Kier alpha value is -1.51. The van der Waals surface area contributed by atoms with Crippen LogP contribution in [0.25, 0.3) is 0 Å². The van der Waals surface area contributed by atoms with Gasteiger partial charge in [0, 0.05) is 24.3 Å². The van der Waals surface area contributed by atoms with Gasteiger partial charge >= 0.3 is 0 Å². The molecular formula is C11H14N2O. The summed E-state index contributed by atoms with van der Waals surface area (Å²) in [6.07, 6.45) is 0.795. The molecule has 3 nitrogen and oxygen atoms in total. The maximum atomic E-state index is 11.7. The summed E-state index contributed by atoms with van der Waals surface area (Å²) in [4.78, 5) is 13.4. The second kappa shape index (κ2) is 3.01. The van der Waals surface area contributed by atoms with E-state index in [4.69, 9.17) is 5.73 Å². The summed E-state index contributed by atoms with van der Waals surface area (Å²) >= 11 is 0.